The standard InChI is InChI=1S/C23H28FN3O3/c1-18-4-10-21(11-5-18)30-16-2-3-23(29)27-14-12-26(13-15-27)17-22(28)25-20-8-6-19(24)7-9-20/h4-11H,2-3,12-17H2,1H3,(H,25,28)/p+1. The summed E-state index contributed by atoms with van der Waals surface area (Å²) < 4.78 is 18.6. The van der Waals surface area contributed by atoms with E-state index in [1.807, 2.05) is 36.1 Å². The Balaban J connectivity index is 1.31. The number of halogens is 1. The zero-order valence-electron chi connectivity index (χ0n) is 17.3. The monoisotopic (exact) mass is 414 g/mol. The third kappa shape index (κ3) is 6.84. The predicted octanol–water partition coefficient (Wildman–Crippen LogP) is 1.66. The molecule has 160 valence electrons. The number of hydrogen-bond donors (Lipinski definition) is 2. The summed E-state index contributed by atoms with van der Waals surface area (Å²) >= 11 is 0. The van der Waals surface area contributed by atoms with Crippen LogP contribution in [-0.4, -0.2) is 56.0 Å². The van der Waals surface area contributed by atoms with E-state index in [-0.39, 0.29) is 17.6 Å². The molecule has 3 rings (SSSR count). The molecule has 2 aromatic rings. The topological polar surface area (TPSA) is 63.1 Å². The van der Waals surface area contributed by atoms with E-state index in [1.54, 1.807) is 12.1 Å². The third-order valence-corrected chi connectivity index (χ3v) is 5.19. The Kier molecular flexibility index (Phi) is 7.79. The van der Waals surface area contributed by atoms with Crippen molar-refractivity contribution in [1.82, 2.24) is 4.90 Å². The van der Waals surface area contributed by atoms with Gasteiger partial charge < -0.3 is 19.9 Å². The molecule has 2 amide bonds. The Morgan fingerprint density at radius 2 is 1.73 bits per heavy atom. The van der Waals surface area contributed by atoms with Gasteiger partial charge in [-0.3, -0.25) is 9.59 Å². The van der Waals surface area contributed by atoms with Crippen molar-refractivity contribution >= 4 is 17.5 Å². The van der Waals surface area contributed by atoms with Crippen LogP contribution >= 0.6 is 0 Å². The zero-order chi connectivity index (χ0) is 21.3. The number of amides is 2. The Hall–Kier alpha value is -2.93. The van der Waals surface area contributed by atoms with Crippen molar-refractivity contribution in [2.45, 2.75) is 19.8 Å². The average molecular weight is 415 g/mol. The molecule has 0 bridgehead atoms. The minimum atomic E-state index is -0.332. The molecule has 1 aliphatic rings. The number of carbonyl (C=O) groups excluding carboxylic acids is 2. The number of quaternary nitrogens is 1. The average Bonchev–Trinajstić information content (AvgIpc) is 2.74. The molecule has 1 saturated heterocycles. The number of nitrogens with zero attached hydrogens (tertiary/aromatic N) is 1. The number of benzene rings is 2. The van der Waals surface area contributed by atoms with Crippen LogP contribution in [0.5, 0.6) is 5.75 Å². The Morgan fingerprint density at radius 3 is 2.40 bits per heavy atom. The van der Waals surface area contributed by atoms with Gasteiger partial charge in [0.1, 0.15) is 11.6 Å². The van der Waals surface area contributed by atoms with E-state index in [1.165, 1.54) is 17.7 Å². The predicted molar refractivity (Wildman–Crippen MR) is 113 cm³/mol. The Labute approximate surface area is 176 Å². The van der Waals surface area contributed by atoms with E-state index in [0.29, 0.717) is 44.8 Å². The highest BCUT2D eigenvalue weighted by molar-refractivity contribution is 5.91. The molecule has 0 radical (unpaired) electrons. The first kappa shape index (κ1) is 21.8. The van der Waals surface area contributed by atoms with Crippen molar-refractivity contribution in [1.29, 1.82) is 0 Å². The highest BCUT2D eigenvalue weighted by Crippen LogP contribution is 2.12. The van der Waals surface area contributed by atoms with Gasteiger partial charge in [-0.05, 0) is 49.7 Å². The minimum Gasteiger partial charge on any atom is -0.494 e. The number of ether oxygens (including phenoxy) is 1. The Morgan fingerprint density at radius 1 is 1.07 bits per heavy atom. The van der Waals surface area contributed by atoms with Crippen molar-refractivity contribution in [3.05, 3.63) is 59.9 Å². The van der Waals surface area contributed by atoms with Crippen LogP contribution < -0.4 is 15.0 Å². The summed E-state index contributed by atoms with van der Waals surface area (Å²) in [4.78, 5) is 27.6. The molecule has 0 unspecified atom stereocenters. The van der Waals surface area contributed by atoms with Crippen LogP contribution in [0.25, 0.3) is 0 Å². The van der Waals surface area contributed by atoms with Gasteiger partial charge in [0.25, 0.3) is 5.91 Å². The van der Waals surface area contributed by atoms with Gasteiger partial charge in [0.15, 0.2) is 6.54 Å². The third-order valence-electron chi connectivity index (χ3n) is 5.19. The lowest BCUT2D eigenvalue weighted by Gasteiger charge is -2.32. The fourth-order valence-corrected chi connectivity index (χ4v) is 3.42. The van der Waals surface area contributed by atoms with Crippen LogP contribution in [0.2, 0.25) is 0 Å². The summed E-state index contributed by atoms with van der Waals surface area (Å²) in [5.74, 6) is 0.521. The molecule has 0 atom stereocenters. The van der Waals surface area contributed by atoms with Crippen molar-refractivity contribution < 1.29 is 23.6 Å². The van der Waals surface area contributed by atoms with Gasteiger partial charge in [0.05, 0.1) is 32.8 Å². The molecule has 2 N–H and O–H groups in total. The summed E-state index contributed by atoms with van der Waals surface area (Å²) in [6, 6.07) is 13.6. The molecular weight excluding hydrogens is 385 g/mol. The van der Waals surface area contributed by atoms with Crippen LogP contribution in [0, 0.1) is 12.7 Å². The second-order valence-electron chi connectivity index (χ2n) is 7.63. The molecule has 0 aromatic heterocycles. The SMILES string of the molecule is Cc1ccc(OCCCC(=O)N2CC[NH+](CC(=O)Nc3ccc(F)cc3)CC2)cc1. The maximum absolute atomic E-state index is 12.9. The smallest absolute Gasteiger partial charge is 0.279 e. The fraction of sp³-hybridized carbons (Fsp3) is 0.391. The fourth-order valence-electron chi connectivity index (χ4n) is 3.42. The second-order valence-corrected chi connectivity index (χ2v) is 7.63. The van der Waals surface area contributed by atoms with Gasteiger partial charge in [-0.15, -0.1) is 0 Å². The van der Waals surface area contributed by atoms with Gasteiger partial charge in [-0.2, -0.15) is 0 Å². The molecule has 1 aliphatic heterocycles. The molecular formula is C23H29FN3O3+. The number of rotatable bonds is 8. The molecule has 7 heteroatoms. The Bertz CT molecular complexity index is 832. The maximum Gasteiger partial charge on any atom is 0.279 e. The van der Waals surface area contributed by atoms with Crippen LogP contribution in [0.15, 0.2) is 48.5 Å². The lowest BCUT2D eigenvalue weighted by Crippen LogP contribution is -3.15. The van der Waals surface area contributed by atoms with Gasteiger partial charge >= 0.3 is 0 Å². The summed E-state index contributed by atoms with van der Waals surface area (Å²) in [6.45, 7) is 5.66. The van der Waals surface area contributed by atoms with Crippen LogP contribution in [0.3, 0.4) is 0 Å². The number of piperazine rings is 1. The summed E-state index contributed by atoms with van der Waals surface area (Å²) in [5.41, 5.74) is 1.77. The molecule has 0 saturated carbocycles. The number of hydrogen-bond acceptors (Lipinski definition) is 3. The summed E-state index contributed by atoms with van der Waals surface area (Å²) in [7, 11) is 0. The first-order valence-electron chi connectivity index (χ1n) is 10.4. The van der Waals surface area contributed by atoms with Crippen molar-refractivity contribution in [2.75, 3.05) is 44.6 Å². The van der Waals surface area contributed by atoms with E-state index in [4.69, 9.17) is 4.74 Å². The second kappa shape index (κ2) is 10.7. The van der Waals surface area contributed by atoms with Crippen LogP contribution in [0.1, 0.15) is 18.4 Å². The van der Waals surface area contributed by atoms with Crippen molar-refractivity contribution in [3.63, 3.8) is 0 Å². The zero-order valence-corrected chi connectivity index (χ0v) is 17.3. The van der Waals surface area contributed by atoms with Gasteiger partial charge in [-0.1, -0.05) is 17.7 Å². The van der Waals surface area contributed by atoms with Crippen LogP contribution in [0.4, 0.5) is 10.1 Å². The van der Waals surface area contributed by atoms with Crippen molar-refractivity contribution in [2.24, 2.45) is 0 Å². The van der Waals surface area contributed by atoms with Crippen molar-refractivity contribution in [3.8, 4) is 5.75 Å². The summed E-state index contributed by atoms with van der Waals surface area (Å²) in [5, 5.41) is 2.78. The van der Waals surface area contributed by atoms with Gasteiger partial charge in [-0.25, -0.2) is 4.39 Å². The number of nitrogens with one attached hydrogen (secondary N) is 2. The molecule has 0 spiro atoms. The first-order valence-corrected chi connectivity index (χ1v) is 10.4. The molecule has 30 heavy (non-hydrogen) atoms. The largest absolute Gasteiger partial charge is 0.494 e. The quantitative estimate of drug-likeness (QED) is 0.646. The number of carbonyl (C=O) groups is 2. The highest BCUT2D eigenvalue weighted by Gasteiger charge is 2.24. The number of anilines is 1. The summed E-state index contributed by atoms with van der Waals surface area (Å²) in [6.07, 6.45) is 1.14. The molecule has 1 heterocycles. The van der Waals surface area contributed by atoms with E-state index in [0.717, 1.165) is 23.7 Å². The van der Waals surface area contributed by atoms with E-state index >= 15 is 0 Å². The van der Waals surface area contributed by atoms with Gasteiger partial charge in [0.2, 0.25) is 5.91 Å². The van der Waals surface area contributed by atoms with Crippen LogP contribution in [-0.2, 0) is 9.59 Å². The van der Waals surface area contributed by atoms with E-state index in [9.17, 15) is 14.0 Å². The molecule has 0 aliphatic carbocycles. The lowest BCUT2D eigenvalue weighted by atomic mass is 10.2. The van der Waals surface area contributed by atoms with Gasteiger partial charge in [0, 0.05) is 12.1 Å². The molecule has 1 fully saturated rings. The molecule has 6 nitrogen and oxygen atoms in total. The minimum absolute atomic E-state index is 0.107. The normalized spacial score (nSPS) is 14.4. The lowest BCUT2D eigenvalue weighted by molar-refractivity contribution is -0.895. The number of aryl methyl sites for hydroxylation is 1. The highest BCUT2D eigenvalue weighted by atomic mass is 19.1. The molecule has 2 aromatic carbocycles. The van der Waals surface area contributed by atoms with E-state index < -0.39 is 0 Å². The first-order chi connectivity index (χ1) is 14.5. The maximum atomic E-state index is 12.9. The van der Waals surface area contributed by atoms with E-state index in [2.05, 4.69) is 5.32 Å².